The highest BCUT2D eigenvalue weighted by atomic mass is 32.2. The predicted molar refractivity (Wildman–Crippen MR) is 144 cm³/mol. The molecule has 9 heteroatoms. The maximum absolute atomic E-state index is 13.3. The van der Waals surface area contributed by atoms with Crippen molar-refractivity contribution < 1.29 is 22.7 Å². The molecule has 1 atom stereocenters. The van der Waals surface area contributed by atoms with E-state index >= 15 is 0 Å². The van der Waals surface area contributed by atoms with Crippen LogP contribution < -0.4 is 14.4 Å². The normalized spacial score (nSPS) is 12.1. The van der Waals surface area contributed by atoms with Crippen molar-refractivity contribution in [2.75, 3.05) is 30.8 Å². The highest BCUT2D eigenvalue weighted by molar-refractivity contribution is 7.92. The van der Waals surface area contributed by atoms with Gasteiger partial charge in [-0.05, 0) is 74.6 Å². The number of anilines is 1. The first-order valence-electron chi connectivity index (χ1n) is 12.2. The van der Waals surface area contributed by atoms with E-state index in [4.69, 9.17) is 4.74 Å². The average molecular weight is 518 g/mol. The van der Waals surface area contributed by atoms with Gasteiger partial charge >= 0.3 is 0 Å². The molecule has 0 spiro atoms. The smallest absolute Gasteiger partial charge is 0.242 e. The number of rotatable bonds is 13. The van der Waals surface area contributed by atoms with Gasteiger partial charge in [0.05, 0.1) is 19.1 Å². The van der Waals surface area contributed by atoms with E-state index in [0.717, 1.165) is 23.1 Å². The Bertz CT molecular complexity index is 1110. The molecule has 198 valence electrons. The predicted octanol–water partition coefficient (Wildman–Crippen LogP) is 3.80. The van der Waals surface area contributed by atoms with E-state index in [0.29, 0.717) is 24.4 Å². The summed E-state index contributed by atoms with van der Waals surface area (Å²) in [5.41, 5.74) is 3.39. The van der Waals surface area contributed by atoms with Crippen LogP contribution in [0.15, 0.2) is 42.5 Å². The lowest BCUT2D eigenvalue weighted by Crippen LogP contribution is -2.47. The molecule has 0 heterocycles. The molecule has 2 amide bonds. The van der Waals surface area contributed by atoms with Gasteiger partial charge in [-0.3, -0.25) is 13.9 Å². The maximum atomic E-state index is 13.3. The van der Waals surface area contributed by atoms with Crippen molar-refractivity contribution >= 4 is 27.5 Å². The van der Waals surface area contributed by atoms with Crippen molar-refractivity contribution in [2.45, 2.75) is 59.5 Å². The summed E-state index contributed by atoms with van der Waals surface area (Å²) in [6.07, 6.45) is 2.40. The summed E-state index contributed by atoms with van der Waals surface area (Å²) >= 11 is 0. The number of ether oxygens (including phenoxy) is 1. The van der Waals surface area contributed by atoms with Crippen LogP contribution in [-0.2, 0) is 26.2 Å². The third-order valence-electron chi connectivity index (χ3n) is 5.88. The fourth-order valence-corrected chi connectivity index (χ4v) is 4.95. The van der Waals surface area contributed by atoms with Crippen LogP contribution in [0.2, 0.25) is 0 Å². The molecule has 0 aliphatic heterocycles. The number of carbonyl (C=O) groups excluding carboxylic acids is 2. The number of nitrogens with zero attached hydrogens (tertiary/aromatic N) is 2. The number of methoxy groups -OCH3 is 1. The minimum absolute atomic E-state index is 0.109. The number of carbonyl (C=O) groups is 2. The average Bonchev–Trinajstić information content (AvgIpc) is 2.82. The molecule has 8 nitrogen and oxygen atoms in total. The molecule has 2 aromatic carbocycles. The van der Waals surface area contributed by atoms with Crippen LogP contribution in [0.3, 0.4) is 0 Å². The molecule has 1 N–H and O–H groups in total. The number of sulfonamides is 1. The Balaban J connectivity index is 2.18. The van der Waals surface area contributed by atoms with Crippen LogP contribution >= 0.6 is 0 Å². The summed E-state index contributed by atoms with van der Waals surface area (Å²) in [7, 11) is -1.95. The highest BCUT2D eigenvalue weighted by Gasteiger charge is 2.26. The summed E-state index contributed by atoms with van der Waals surface area (Å²) in [4.78, 5) is 27.6. The van der Waals surface area contributed by atoms with Gasteiger partial charge in [-0.2, -0.15) is 0 Å². The van der Waals surface area contributed by atoms with E-state index in [1.165, 1.54) is 10.6 Å². The van der Waals surface area contributed by atoms with Gasteiger partial charge in [0.2, 0.25) is 21.8 Å². The van der Waals surface area contributed by atoms with E-state index < -0.39 is 16.1 Å². The summed E-state index contributed by atoms with van der Waals surface area (Å²) in [5, 5.41) is 2.86. The van der Waals surface area contributed by atoms with Gasteiger partial charge in [0.25, 0.3) is 0 Å². The number of hydrogen-bond acceptors (Lipinski definition) is 5. The third-order valence-corrected chi connectivity index (χ3v) is 7.07. The van der Waals surface area contributed by atoms with Crippen LogP contribution in [0.5, 0.6) is 5.75 Å². The van der Waals surface area contributed by atoms with E-state index in [1.807, 2.05) is 63.2 Å². The summed E-state index contributed by atoms with van der Waals surface area (Å²) in [6, 6.07) is 12.3. The Hall–Kier alpha value is -3.07. The highest BCUT2D eigenvalue weighted by Crippen LogP contribution is 2.22. The Labute approximate surface area is 215 Å². The molecule has 2 rings (SSSR count). The zero-order valence-corrected chi connectivity index (χ0v) is 23.0. The fourth-order valence-electron chi connectivity index (χ4n) is 4.00. The zero-order valence-electron chi connectivity index (χ0n) is 22.2. The van der Waals surface area contributed by atoms with E-state index in [-0.39, 0.29) is 31.3 Å². The second-order valence-electron chi connectivity index (χ2n) is 9.12. The van der Waals surface area contributed by atoms with Crippen LogP contribution in [-0.4, -0.2) is 57.6 Å². The van der Waals surface area contributed by atoms with Crippen LogP contribution in [0.25, 0.3) is 0 Å². The molecule has 0 bridgehead atoms. The Morgan fingerprint density at radius 1 is 1.06 bits per heavy atom. The third kappa shape index (κ3) is 8.55. The van der Waals surface area contributed by atoms with E-state index in [1.54, 1.807) is 18.9 Å². The molecule has 0 radical (unpaired) electrons. The van der Waals surface area contributed by atoms with Crippen molar-refractivity contribution in [1.82, 2.24) is 10.2 Å². The van der Waals surface area contributed by atoms with Crippen molar-refractivity contribution in [2.24, 2.45) is 0 Å². The molecule has 0 aliphatic rings. The maximum Gasteiger partial charge on any atom is 0.242 e. The largest absolute Gasteiger partial charge is 0.497 e. The van der Waals surface area contributed by atoms with Crippen molar-refractivity contribution in [3.05, 3.63) is 59.2 Å². The first kappa shape index (κ1) is 29.2. The number of nitrogens with one attached hydrogen (secondary N) is 1. The minimum atomic E-state index is -3.53. The van der Waals surface area contributed by atoms with E-state index in [9.17, 15) is 18.0 Å². The Morgan fingerprint density at radius 3 is 2.19 bits per heavy atom. The molecule has 0 aromatic heterocycles. The molecule has 0 aliphatic carbocycles. The van der Waals surface area contributed by atoms with Gasteiger partial charge in [0.1, 0.15) is 11.8 Å². The van der Waals surface area contributed by atoms with Gasteiger partial charge in [-0.15, -0.1) is 0 Å². The molecule has 2 aromatic rings. The second kappa shape index (κ2) is 13.3. The SMILES string of the molecule is CCCNC(=O)[C@H](C)N(Cc1ccc(OC)cc1)C(=O)CCCN(c1cc(C)cc(C)c1)S(C)(=O)=O. The quantitative estimate of drug-likeness (QED) is 0.436. The number of benzene rings is 2. The summed E-state index contributed by atoms with van der Waals surface area (Å²) < 4.78 is 31.6. The van der Waals surface area contributed by atoms with Crippen molar-refractivity contribution in [3.63, 3.8) is 0 Å². The fraction of sp³-hybridized carbons (Fsp3) is 0.481. The van der Waals surface area contributed by atoms with Gasteiger partial charge < -0.3 is 15.0 Å². The van der Waals surface area contributed by atoms with Crippen molar-refractivity contribution in [3.8, 4) is 5.75 Å². The Kier molecular flexibility index (Phi) is 10.8. The Morgan fingerprint density at radius 2 is 1.67 bits per heavy atom. The molecule has 36 heavy (non-hydrogen) atoms. The molecule has 0 saturated carbocycles. The zero-order chi connectivity index (χ0) is 26.9. The van der Waals surface area contributed by atoms with Gasteiger partial charge in [-0.25, -0.2) is 8.42 Å². The van der Waals surface area contributed by atoms with Gasteiger partial charge in [-0.1, -0.05) is 25.1 Å². The topological polar surface area (TPSA) is 96.0 Å². The number of amides is 2. The standard InChI is InChI=1S/C27H39N3O5S/c1-7-14-28-27(32)22(4)29(19-23-10-12-25(35-5)13-11-23)26(31)9-8-15-30(36(6,33)34)24-17-20(2)16-21(3)18-24/h10-13,16-18,22H,7-9,14-15,19H2,1-6H3,(H,28,32)/t22-/m0/s1. The lowest BCUT2D eigenvalue weighted by molar-refractivity contribution is -0.140. The van der Waals surface area contributed by atoms with Crippen LogP contribution in [0.1, 0.15) is 49.8 Å². The monoisotopic (exact) mass is 517 g/mol. The number of aryl methyl sites for hydroxylation is 2. The van der Waals surface area contributed by atoms with Crippen LogP contribution in [0.4, 0.5) is 5.69 Å². The van der Waals surface area contributed by atoms with Gasteiger partial charge in [0, 0.05) is 26.1 Å². The number of hydrogen-bond donors (Lipinski definition) is 1. The van der Waals surface area contributed by atoms with Gasteiger partial charge in [0.15, 0.2) is 0 Å². The molecular weight excluding hydrogens is 478 g/mol. The lowest BCUT2D eigenvalue weighted by atomic mass is 10.1. The molecule has 0 fully saturated rings. The molecule has 0 unspecified atom stereocenters. The minimum Gasteiger partial charge on any atom is -0.497 e. The lowest BCUT2D eigenvalue weighted by Gasteiger charge is -2.29. The summed E-state index contributed by atoms with van der Waals surface area (Å²) in [5.74, 6) is 0.281. The van der Waals surface area contributed by atoms with Crippen molar-refractivity contribution in [1.29, 1.82) is 0 Å². The molecule has 0 saturated heterocycles. The first-order chi connectivity index (χ1) is 17.0. The first-order valence-corrected chi connectivity index (χ1v) is 14.1. The molecular formula is C27H39N3O5S. The second-order valence-corrected chi connectivity index (χ2v) is 11.0. The van der Waals surface area contributed by atoms with Crippen LogP contribution in [0, 0.1) is 13.8 Å². The van der Waals surface area contributed by atoms with E-state index in [2.05, 4.69) is 5.32 Å². The summed E-state index contributed by atoms with van der Waals surface area (Å²) in [6.45, 7) is 8.48.